The molecule has 0 saturated carbocycles. The lowest BCUT2D eigenvalue weighted by Gasteiger charge is -2.26. The molecule has 0 aliphatic rings. The molecule has 0 aromatic rings. The van der Waals surface area contributed by atoms with Crippen LogP contribution in [-0.2, 0) is 23.8 Å². The van der Waals surface area contributed by atoms with Gasteiger partial charge in [-0.1, -0.05) is 0 Å². The Bertz CT molecular complexity index is 595. The van der Waals surface area contributed by atoms with E-state index in [0.29, 0.717) is 0 Å². The summed E-state index contributed by atoms with van der Waals surface area (Å²) in [6, 6.07) is -0.988. The molecule has 0 aromatic heterocycles. The Labute approximate surface area is 173 Å². The van der Waals surface area contributed by atoms with Crippen LogP contribution in [0.1, 0.15) is 81.6 Å². The normalized spacial score (nSPS) is 13.1. The molecule has 0 saturated heterocycles. The molecule has 1 atom stereocenters. The molecular formula is C20H36N2O7. The third kappa shape index (κ3) is 15.3. The molecule has 0 aromatic carbocycles. The predicted octanol–water partition coefficient (Wildman–Crippen LogP) is 3.44. The standard InChI is InChI=1S/C20H36N2O7/c1-18(2,3)27-15(24)13(21-16(25)28-19(4,5)6)11-10-12-14(23)22-17(26)29-20(7,8)9/h13H,10-12H2,1-9H3,(H,21,25)(H,22,23,26). The van der Waals surface area contributed by atoms with Crippen LogP contribution in [0.15, 0.2) is 0 Å². The van der Waals surface area contributed by atoms with Crippen molar-refractivity contribution in [2.75, 3.05) is 0 Å². The van der Waals surface area contributed by atoms with Crippen LogP contribution in [0.2, 0.25) is 0 Å². The van der Waals surface area contributed by atoms with Crippen molar-refractivity contribution in [2.24, 2.45) is 0 Å². The molecular weight excluding hydrogens is 380 g/mol. The van der Waals surface area contributed by atoms with E-state index >= 15 is 0 Å². The molecule has 9 nitrogen and oxygen atoms in total. The summed E-state index contributed by atoms with van der Waals surface area (Å²) in [6.07, 6.45) is -1.26. The summed E-state index contributed by atoms with van der Waals surface area (Å²) in [5.41, 5.74) is -2.18. The zero-order valence-corrected chi connectivity index (χ0v) is 19.1. The van der Waals surface area contributed by atoms with E-state index in [-0.39, 0.29) is 19.3 Å². The van der Waals surface area contributed by atoms with Crippen LogP contribution in [0.5, 0.6) is 0 Å². The number of alkyl carbamates (subject to hydrolysis) is 2. The third-order valence-corrected chi connectivity index (χ3v) is 2.92. The van der Waals surface area contributed by atoms with E-state index in [1.165, 1.54) is 0 Å². The Morgan fingerprint density at radius 1 is 0.724 bits per heavy atom. The van der Waals surface area contributed by atoms with Crippen LogP contribution in [0.4, 0.5) is 9.59 Å². The summed E-state index contributed by atoms with van der Waals surface area (Å²) in [5.74, 6) is -1.17. The molecule has 0 spiro atoms. The Kier molecular flexibility index (Phi) is 9.62. The van der Waals surface area contributed by atoms with Gasteiger partial charge in [0.1, 0.15) is 22.8 Å². The number of carbonyl (C=O) groups excluding carboxylic acids is 4. The maximum atomic E-state index is 12.4. The van der Waals surface area contributed by atoms with Crippen LogP contribution in [0.3, 0.4) is 0 Å². The summed E-state index contributed by atoms with van der Waals surface area (Å²) in [4.78, 5) is 47.9. The Morgan fingerprint density at radius 3 is 1.62 bits per heavy atom. The van der Waals surface area contributed by atoms with Crippen molar-refractivity contribution in [1.29, 1.82) is 0 Å². The van der Waals surface area contributed by atoms with Gasteiger partial charge in [-0.25, -0.2) is 14.4 Å². The van der Waals surface area contributed by atoms with Crippen LogP contribution in [-0.4, -0.2) is 46.9 Å². The maximum absolute atomic E-state index is 12.4. The second-order valence-corrected chi connectivity index (χ2v) is 9.67. The van der Waals surface area contributed by atoms with Gasteiger partial charge in [-0.2, -0.15) is 0 Å². The Morgan fingerprint density at radius 2 is 1.17 bits per heavy atom. The van der Waals surface area contributed by atoms with Crippen molar-refractivity contribution in [2.45, 2.75) is 104 Å². The number of nitrogens with one attached hydrogen (secondary N) is 2. The van der Waals surface area contributed by atoms with Gasteiger partial charge < -0.3 is 19.5 Å². The lowest BCUT2D eigenvalue weighted by atomic mass is 10.1. The van der Waals surface area contributed by atoms with E-state index in [0.717, 1.165) is 0 Å². The average molecular weight is 417 g/mol. The van der Waals surface area contributed by atoms with Gasteiger partial charge >= 0.3 is 18.2 Å². The number of hydrogen-bond acceptors (Lipinski definition) is 7. The van der Waals surface area contributed by atoms with Gasteiger partial charge in [0.2, 0.25) is 5.91 Å². The Balaban J connectivity index is 4.79. The summed E-state index contributed by atoms with van der Waals surface area (Å²) < 4.78 is 15.5. The number of ether oxygens (including phenoxy) is 3. The lowest BCUT2D eigenvalue weighted by molar-refractivity contribution is -0.157. The third-order valence-electron chi connectivity index (χ3n) is 2.92. The maximum Gasteiger partial charge on any atom is 0.414 e. The fraction of sp³-hybridized carbons (Fsp3) is 0.800. The van der Waals surface area contributed by atoms with Crippen LogP contribution in [0.25, 0.3) is 0 Å². The second-order valence-electron chi connectivity index (χ2n) is 9.67. The van der Waals surface area contributed by atoms with Crippen molar-refractivity contribution in [3.8, 4) is 0 Å². The van der Waals surface area contributed by atoms with E-state index in [9.17, 15) is 19.2 Å². The van der Waals surface area contributed by atoms with E-state index < -0.39 is 46.9 Å². The largest absolute Gasteiger partial charge is 0.458 e. The first kappa shape index (κ1) is 26.7. The molecule has 0 aliphatic carbocycles. The number of imide groups is 1. The molecule has 29 heavy (non-hydrogen) atoms. The highest BCUT2D eigenvalue weighted by molar-refractivity contribution is 5.91. The lowest BCUT2D eigenvalue weighted by Crippen LogP contribution is -2.46. The van der Waals surface area contributed by atoms with Crippen LogP contribution in [0, 0.1) is 0 Å². The fourth-order valence-electron chi connectivity index (χ4n) is 2.02. The zero-order valence-electron chi connectivity index (χ0n) is 19.1. The number of carbonyl (C=O) groups is 4. The topological polar surface area (TPSA) is 120 Å². The predicted molar refractivity (Wildman–Crippen MR) is 107 cm³/mol. The summed E-state index contributed by atoms with van der Waals surface area (Å²) in [7, 11) is 0. The van der Waals surface area contributed by atoms with Crippen molar-refractivity contribution in [1.82, 2.24) is 10.6 Å². The highest BCUT2D eigenvalue weighted by atomic mass is 16.6. The quantitative estimate of drug-likeness (QED) is 0.502. The molecule has 0 radical (unpaired) electrons. The van der Waals surface area contributed by atoms with Gasteiger partial charge in [0.25, 0.3) is 0 Å². The van der Waals surface area contributed by atoms with Gasteiger partial charge in [0.05, 0.1) is 0 Å². The minimum Gasteiger partial charge on any atom is -0.458 e. The van der Waals surface area contributed by atoms with E-state index in [1.807, 2.05) is 0 Å². The van der Waals surface area contributed by atoms with E-state index in [1.54, 1.807) is 62.3 Å². The highest BCUT2D eigenvalue weighted by Crippen LogP contribution is 2.13. The van der Waals surface area contributed by atoms with Gasteiger partial charge in [-0.15, -0.1) is 0 Å². The summed E-state index contributed by atoms with van der Waals surface area (Å²) >= 11 is 0. The van der Waals surface area contributed by atoms with Crippen molar-refractivity contribution in [3.63, 3.8) is 0 Å². The first-order valence-corrected chi connectivity index (χ1v) is 9.63. The van der Waals surface area contributed by atoms with Gasteiger partial charge in [-0.05, 0) is 75.2 Å². The fourth-order valence-corrected chi connectivity index (χ4v) is 2.02. The number of rotatable bonds is 6. The smallest absolute Gasteiger partial charge is 0.414 e. The van der Waals surface area contributed by atoms with Crippen molar-refractivity contribution < 1.29 is 33.4 Å². The molecule has 0 rings (SSSR count). The first-order valence-electron chi connectivity index (χ1n) is 9.63. The number of esters is 1. The van der Waals surface area contributed by atoms with Gasteiger partial charge in [0.15, 0.2) is 0 Å². The molecule has 3 amide bonds. The zero-order chi connectivity index (χ0) is 23.0. The second kappa shape index (κ2) is 10.5. The number of hydrogen-bond donors (Lipinski definition) is 2. The average Bonchev–Trinajstić information content (AvgIpc) is 2.39. The molecule has 0 aliphatic heterocycles. The molecule has 0 heterocycles. The highest BCUT2D eigenvalue weighted by Gasteiger charge is 2.28. The first-order chi connectivity index (χ1) is 12.9. The van der Waals surface area contributed by atoms with Crippen LogP contribution < -0.4 is 10.6 Å². The summed E-state index contributed by atoms with van der Waals surface area (Å²) in [6.45, 7) is 15.3. The molecule has 1 unspecified atom stereocenters. The molecule has 0 bridgehead atoms. The van der Waals surface area contributed by atoms with Crippen LogP contribution >= 0.6 is 0 Å². The van der Waals surface area contributed by atoms with Gasteiger partial charge in [0, 0.05) is 6.42 Å². The Hall–Kier alpha value is -2.32. The minimum absolute atomic E-state index is 0.0332. The van der Waals surface area contributed by atoms with E-state index in [2.05, 4.69) is 10.6 Å². The van der Waals surface area contributed by atoms with Crippen molar-refractivity contribution in [3.05, 3.63) is 0 Å². The molecule has 0 fully saturated rings. The van der Waals surface area contributed by atoms with E-state index in [4.69, 9.17) is 14.2 Å². The monoisotopic (exact) mass is 416 g/mol. The SMILES string of the molecule is CC(C)(C)OC(=O)NC(=O)CCCC(NC(=O)OC(C)(C)C)C(=O)OC(C)(C)C. The molecule has 2 N–H and O–H groups in total. The summed E-state index contributed by atoms with van der Waals surface area (Å²) in [5, 5.41) is 4.60. The minimum atomic E-state index is -0.988. The molecule has 9 heteroatoms. The van der Waals surface area contributed by atoms with Gasteiger partial charge in [-0.3, -0.25) is 10.1 Å². The number of amides is 3. The molecule has 168 valence electrons. The van der Waals surface area contributed by atoms with Crippen molar-refractivity contribution >= 4 is 24.1 Å².